The van der Waals surface area contributed by atoms with Gasteiger partial charge in [0.1, 0.15) is 0 Å². The molecule has 0 unspecified atom stereocenters. The summed E-state index contributed by atoms with van der Waals surface area (Å²) in [4.78, 5) is 36.1. The normalized spacial score (nSPS) is 9.60. The minimum atomic E-state index is -0.615. The molecule has 0 radical (unpaired) electrons. The Labute approximate surface area is 116 Å². The van der Waals surface area contributed by atoms with Gasteiger partial charge >= 0.3 is 18.0 Å². The highest BCUT2D eigenvalue weighted by Crippen LogP contribution is 2.20. The van der Waals surface area contributed by atoms with Gasteiger partial charge in [0.2, 0.25) is 0 Å². The number of nitrogens with one attached hydrogen (secondary N) is 1. The summed E-state index contributed by atoms with van der Waals surface area (Å²) in [6, 6.07) is 3.74. The Morgan fingerprint density at radius 1 is 1.05 bits per heavy atom. The van der Waals surface area contributed by atoms with Crippen LogP contribution in [0.4, 0.5) is 10.5 Å². The molecule has 108 valence electrons. The molecular weight excluding hydrogens is 264 g/mol. The number of nitrogens with zero attached hydrogens (tertiary/aromatic N) is 1. The fraction of sp³-hybridized carbons (Fsp3) is 0.308. The second kappa shape index (κ2) is 6.55. The van der Waals surface area contributed by atoms with Crippen LogP contribution in [0.15, 0.2) is 18.2 Å². The SMILES string of the molecule is COC(=O)c1ccc(C(=O)OC)c(NC(=O)N(C)C)c1. The van der Waals surface area contributed by atoms with E-state index in [1.807, 2.05) is 0 Å². The van der Waals surface area contributed by atoms with Crippen molar-refractivity contribution in [2.75, 3.05) is 33.6 Å². The Hall–Kier alpha value is -2.57. The maximum atomic E-state index is 11.7. The van der Waals surface area contributed by atoms with Crippen LogP contribution in [0.1, 0.15) is 20.7 Å². The van der Waals surface area contributed by atoms with Crippen LogP contribution in [-0.2, 0) is 9.47 Å². The van der Waals surface area contributed by atoms with Crippen LogP contribution in [0.25, 0.3) is 0 Å². The zero-order valence-corrected chi connectivity index (χ0v) is 11.7. The summed E-state index contributed by atoms with van der Waals surface area (Å²) >= 11 is 0. The van der Waals surface area contributed by atoms with Gasteiger partial charge in [-0.15, -0.1) is 0 Å². The molecule has 7 nitrogen and oxygen atoms in total. The van der Waals surface area contributed by atoms with E-state index in [1.165, 1.54) is 37.3 Å². The van der Waals surface area contributed by atoms with Gasteiger partial charge in [0.25, 0.3) is 0 Å². The molecule has 0 atom stereocenters. The van der Waals surface area contributed by atoms with Gasteiger partial charge in [0.05, 0.1) is 31.0 Å². The number of methoxy groups -OCH3 is 2. The number of amides is 2. The number of carbonyl (C=O) groups is 3. The van der Waals surface area contributed by atoms with Crippen LogP contribution < -0.4 is 5.32 Å². The van der Waals surface area contributed by atoms with Gasteiger partial charge in [0.15, 0.2) is 0 Å². The van der Waals surface area contributed by atoms with Gasteiger partial charge in [-0.3, -0.25) is 0 Å². The Morgan fingerprint density at radius 3 is 2.15 bits per heavy atom. The molecule has 1 aromatic rings. The van der Waals surface area contributed by atoms with E-state index in [0.717, 1.165) is 0 Å². The number of esters is 2. The molecule has 2 amide bonds. The summed E-state index contributed by atoms with van der Waals surface area (Å²) in [7, 11) is 5.58. The predicted molar refractivity (Wildman–Crippen MR) is 71.8 cm³/mol. The lowest BCUT2D eigenvalue weighted by Gasteiger charge is -2.15. The molecule has 7 heteroatoms. The topological polar surface area (TPSA) is 84.9 Å². The quantitative estimate of drug-likeness (QED) is 0.845. The first-order chi connectivity index (χ1) is 9.40. The van der Waals surface area contributed by atoms with Gasteiger partial charge in [-0.2, -0.15) is 0 Å². The highest BCUT2D eigenvalue weighted by atomic mass is 16.5. The summed E-state index contributed by atoms with van der Waals surface area (Å²) in [5.74, 6) is -1.18. The third kappa shape index (κ3) is 3.47. The summed E-state index contributed by atoms with van der Waals surface area (Å²) < 4.78 is 9.22. The first kappa shape index (κ1) is 15.5. The first-order valence-corrected chi connectivity index (χ1v) is 5.69. The molecule has 0 saturated carbocycles. The molecule has 0 saturated heterocycles. The number of urea groups is 1. The summed E-state index contributed by atoms with van der Waals surface area (Å²) in [5, 5.41) is 2.52. The third-order valence-electron chi connectivity index (χ3n) is 2.49. The lowest BCUT2D eigenvalue weighted by molar-refractivity contribution is 0.0587. The molecule has 1 rings (SSSR count). The van der Waals surface area contributed by atoms with E-state index in [1.54, 1.807) is 14.1 Å². The van der Waals surface area contributed by atoms with Crippen molar-refractivity contribution in [2.24, 2.45) is 0 Å². The van der Waals surface area contributed by atoms with E-state index in [2.05, 4.69) is 14.8 Å². The molecule has 0 spiro atoms. The average molecular weight is 280 g/mol. The summed E-state index contributed by atoms with van der Waals surface area (Å²) in [6.07, 6.45) is 0. The van der Waals surface area contributed by atoms with Gasteiger partial charge in [-0.05, 0) is 18.2 Å². The number of ether oxygens (including phenoxy) is 2. The monoisotopic (exact) mass is 280 g/mol. The maximum absolute atomic E-state index is 11.7. The van der Waals surface area contributed by atoms with Gasteiger partial charge < -0.3 is 19.7 Å². The molecule has 0 aromatic heterocycles. The smallest absolute Gasteiger partial charge is 0.339 e. The molecule has 0 aliphatic heterocycles. The lowest BCUT2D eigenvalue weighted by Crippen LogP contribution is -2.28. The van der Waals surface area contributed by atoms with Crippen molar-refractivity contribution in [3.05, 3.63) is 29.3 Å². The van der Waals surface area contributed by atoms with E-state index < -0.39 is 18.0 Å². The van der Waals surface area contributed by atoms with E-state index >= 15 is 0 Å². The largest absolute Gasteiger partial charge is 0.465 e. The Balaban J connectivity index is 3.22. The van der Waals surface area contributed by atoms with Crippen LogP contribution in [-0.4, -0.2) is 51.2 Å². The van der Waals surface area contributed by atoms with Gasteiger partial charge in [0, 0.05) is 14.1 Å². The van der Waals surface area contributed by atoms with Crippen molar-refractivity contribution in [3.8, 4) is 0 Å². The molecule has 0 aliphatic rings. The Bertz CT molecular complexity index is 540. The standard InChI is InChI=1S/C13H16N2O5/c1-15(2)13(18)14-10-7-8(11(16)19-3)5-6-9(10)12(17)20-4/h5-7H,1-4H3,(H,14,18). The predicted octanol–water partition coefficient (Wildman–Crippen LogP) is 1.35. The van der Waals surface area contributed by atoms with Crippen LogP contribution in [0, 0.1) is 0 Å². The molecular formula is C13H16N2O5. The molecule has 0 aliphatic carbocycles. The number of rotatable bonds is 3. The molecule has 0 fully saturated rings. The first-order valence-electron chi connectivity index (χ1n) is 5.69. The van der Waals surface area contributed by atoms with E-state index in [-0.39, 0.29) is 16.8 Å². The molecule has 0 heterocycles. The van der Waals surface area contributed by atoms with E-state index in [4.69, 9.17) is 0 Å². The number of benzene rings is 1. The van der Waals surface area contributed by atoms with Crippen LogP contribution >= 0.6 is 0 Å². The zero-order valence-electron chi connectivity index (χ0n) is 11.7. The second-order valence-electron chi connectivity index (χ2n) is 4.07. The Morgan fingerprint density at radius 2 is 1.65 bits per heavy atom. The van der Waals surface area contributed by atoms with E-state index in [9.17, 15) is 14.4 Å². The minimum Gasteiger partial charge on any atom is -0.465 e. The van der Waals surface area contributed by atoms with Crippen LogP contribution in [0.5, 0.6) is 0 Å². The molecule has 0 bridgehead atoms. The second-order valence-corrected chi connectivity index (χ2v) is 4.07. The van der Waals surface area contributed by atoms with Gasteiger partial charge in [-0.1, -0.05) is 0 Å². The van der Waals surface area contributed by atoms with E-state index in [0.29, 0.717) is 0 Å². The highest BCUT2D eigenvalue weighted by Gasteiger charge is 2.17. The fourth-order valence-corrected chi connectivity index (χ4v) is 1.41. The maximum Gasteiger partial charge on any atom is 0.339 e. The number of anilines is 1. The van der Waals surface area contributed by atoms with Crippen molar-refractivity contribution in [1.29, 1.82) is 0 Å². The summed E-state index contributed by atoms with van der Waals surface area (Å²) in [6.45, 7) is 0. The number of hydrogen-bond donors (Lipinski definition) is 1. The van der Waals surface area contributed by atoms with Crippen molar-refractivity contribution in [1.82, 2.24) is 4.90 Å². The molecule has 1 N–H and O–H groups in total. The van der Waals surface area contributed by atoms with Gasteiger partial charge in [-0.25, -0.2) is 14.4 Å². The average Bonchev–Trinajstić information content (AvgIpc) is 2.45. The molecule has 1 aromatic carbocycles. The lowest BCUT2D eigenvalue weighted by atomic mass is 10.1. The fourth-order valence-electron chi connectivity index (χ4n) is 1.41. The number of carbonyl (C=O) groups excluding carboxylic acids is 3. The number of hydrogen-bond acceptors (Lipinski definition) is 5. The van der Waals surface area contributed by atoms with Crippen molar-refractivity contribution in [3.63, 3.8) is 0 Å². The third-order valence-corrected chi connectivity index (χ3v) is 2.49. The van der Waals surface area contributed by atoms with Crippen molar-refractivity contribution in [2.45, 2.75) is 0 Å². The molecule has 20 heavy (non-hydrogen) atoms. The zero-order chi connectivity index (χ0) is 15.3. The minimum absolute atomic E-state index is 0.148. The van der Waals surface area contributed by atoms with Crippen LogP contribution in [0.3, 0.4) is 0 Å². The van der Waals surface area contributed by atoms with Crippen LogP contribution in [0.2, 0.25) is 0 Å². The highest BCUT2D eigenvalue weighted by molar-refractivity contribution is 6.03. The summed E-state index contributed by atoms with van der Waals surface area (Å²) in [5.41, 5.74) is 0.544. The Kier molecular flexibility index (Phi) is 5.08. The van der Waals surface area contributed by atoms with Crippen molar-refractivity contribution >= 4 is 23.7 Å². The van der Waals surface area contributed by atoms with Crippen molar-refractivity contribution < 1.29 is 23.9 Å².